The average Bonchev–Trinajstić information content (AvgIpc) is 2.49. The molecule has 2 atom stereocenters. The minimum atomic E-state index is -1.51. The Balaban J connectivity index is 2.55. The topological polar surface area (TPSA) is 63.4 Å². The minimum Gasteiger partial charge on any atom is -0.378 e. The summed E-state index contributed by atoms with van der Waals surface area (Å²) in [5.74, 6) is 0. The molecule has 0 heterocycles. The van der Waals surface area contributed by atoms with Crippen molar-refractivity contribution in [2.45, 2.75) is 31.4 Å². The SMILES string of the molecule is CCCC(O)(c1ccccc1)C(c1ccccc1)[N+](=O)[O-]. The monoisotopic (exact) mass is 285 g/mol. The van der Waals surface area contributed by atoms with Crippen LogP contribution in [0.4, 0.5) is 0 Å². The molecule has 0 saturated heterocycles. The largest absolute Gasteiger partial charge is 0.378 e. The zero-order valence-corrected chi connectivity index (χ0v) is 12.0. The summed E-state index contributed by atoms with van der Waals surface area (Å²) < 4.78 is 0. The smallest absolute Gasteiger partial charge is 0.270 e. The Morgan fingerprint density at radius 1 is 1.10 bits per heavy atom. The first-order valence-corrected chi connectivity index (χ1v) is 7.06. The fraction of sp³-hybridized carbons (Fsp3) is 0.294. The van der Waals surface area contributed by atoms with E-state index in [9.17, 15) is 15.2 Å². The van der Waals surface area contributed by atoms with E-state index in [-0.39, 0.29) is 0 Å². The lowest BCUT2D eigenvalue weighted by Crippen LogP contribution is -2.38. The highest BCUT2D eigenvalue weighted by Crippen LogP contribution is 2.40. The molecule has 0 aliphatic rings. The number of benzene rings is 2. The van der Waals surface area contributed by atoms with Gasteiger partial charge in [-0.3, -0.25) is 10.1 Å². The highest BCUT2D eigenvalue weighted by molar-refractivity contribution is 5.29. The first kappa shape index (κ1) is 15.2. The maximum atomic E-state index is 11.6. The zero-order chi connectivity index (χ0) is 15.3. The van der Waals surface area contributed by atoms with Gasteiger partial charge in [0, 0.05) is 10.5 Å². The van der Waals surface area contributed by atoms with Gasteiger partial charge in [0.15, 0.2) is 5.60 Å². The molecule has 21 heavy (non-hydrogen) atoms. The molecule has 0 saturated carbocycles. The molecule has 0 aliphatic heterocycles. The fourth-order valence-corrected chi connectivity index (χ4v) is 2.75. The number of rotatable bonds is 6. The van der Waals surface area contributed by atoms with Gasteiger partial charge in [-0.25, -0.2) is 0 Å². The van der Waals surface area contributed by atoms with Gasteiger partial charge in [-0.05, 0) is 12.0 Å². The second-order valence-corrected chi connectivity index (χ2v) is 5.14. The van der Waals surface area contributed by atoms with Crippen LogP contribution < -0.4 is 0 Å². The van der Waals surface area contributed by atoms with E-state index in [1.165, 1.54) is 0 Å². The van der Waals surface area contributed by atoms with E-state index in [0.717, 1.165) is 0 Å². The predicted octanol–water partition coefficient (Wildman–Crippen LogP) is 3.69. The maximum Gasteiger partial charge on any atom is 0.270 e. The van der Waals surface area contributed by atoms with Gasteiger partial charge in [0.2, 0.25) is 0 Å². The predicted molar refractivity (Wildman–Crippen MR) is 81.4 cm³/mol. The summed E-state index contributed by atoms with van der Waals surface area (Å²) >= 11 is 0. The number of nitro groups is 1. The van der Waals surface area contributed by atoms with E-state index in [1.807, 2.05) is 19.1 Å². The van der Waals surface area contributed by atoms with Crippen molar-refractivity contribution in [3.05, 3.63) is 81.9 Å². The van der Waals surface area contributed by atoms with Crippen molar-refractivity contribution in [2.75, 3.05) is 0 Å². The third-order valence-corrected chi connectivity index (χ3v) is 3.68. The molecule has 110 valence electrons. The average molecular weight is 285 g/mol. The van der Waals surface area contributed by atoms with Gasteiger partial charge >= 0.3 is 0 Å². The third-order valence-electron chi connectivity index (χ3n) is 3.68. The van der Waals surface area contributed by atoms with Crippen molar-refractivity contribution >= 4 is 0 Å². The molecule has 2 aromatic rings. The molecule has 2 rings (SSSR count). The molecule has 2 aromatic carbocycles. The summed E-state index contributed by atoms with van der Waals surface area (Å²) in [6.45, 7) is 1.91. The lowest BCUT2D eigenvalue weighted by atomic mass is 9.79. The molecule has 0 spiro atoms. The Kier molecular flexibility index (Phi) is 4.70. The molecule has 1 N–H and O–H groups in total. The number of hydrogen-bond donors (Lipinski definition) is 1. The van der Waals surface area contributed by atoms with E-state index < -0.39 is 16.6 Å². The molecular weight excluding hydrogens is 266 g/mol. The lowest BCUT2D eigenvalue weighted by molar-refractivity contribution is -0.556. The summed E-state index contributed by atoms with van der Waals surface area (Å²) in [5, 5.41) is 22.8. The molecule has 0 fully saturated rings. The minimum absolute atomic E-state index is 0.331. The van der Waals surface area contributed by atoms with Crippen LogP contribution in [-0.2, 0) is 5.60 Å². The van der Waals surface area contributed by atoms with E-state index in [0.29, 0.717) is 24.0 Å². The summed E-state index contributed by atoms with van der Waals surface area (Å²) in [6.07, 6.45) is 0.986. The van der Waals surface area contributed by atoms with Crippen molar-refractivity contribution < 1.29 is 10.0 Å². The van der Waals surface area contributed by atoms with Gasteiger partial charge < -0.3 is 5.11 Å². The first-order chi connectivity index (χ1) is 10.1. The van der Waals surface area contributed by atoms with Gasteiger partial charge in [0.05, 0.1) is 0 Å². The van der Waals surface area contributed by atoms with Gasteiger partial charge in [-0.1, -0.05) is 74.0 Å². The van der Waals surface area contributed by atoms with Gasteiger partial charge in [0.25, 0.3) is 6.04 Å². The molecule has 4 nitrogen and oxygen atoms in total. The third kappa shape index (κ3) is 3.11. The van der Waals surface area contributed by atoms with Crippen LogP contribution in [-0.4, -0.2) is 10.0 Å². The molecule has 4 heteroatoms. The van der Waals surface area contributed by atoms with Gasteiger partial charge in [0.1, 0.15) is 0 Å². The van der Waals surface area contributed by atoms with E-state index in [4.69, 9.17) is 0 Å². The number of nitrogens with zero attached hydrogens (tertiary/aromatic N) is 1. The Morgan fingerprint density at radius 2 is 1.62 bits per heavy atom. The molecular formula is C17H19NO3. The number of hydrogen-bond acceptors (Lipinski definition) is 3. The summed E-state index contributed by atoms with van der Waals surface area (Å²) in [6, 6.07) is 16.4. The second kappa shape index (κ2) is 6.50. The van der Waals surface area contributed by atoms with Crippen LogP contribution in [0.2, 0.25) is 0 Å². The zero-order valence-electron chi connectivity index (χ0n) is 12.0. The molecule has 2 unspecified atom stereocenters. The molecule has 0 aliphatic carbocycles. The first-order valence-electron chi connectivity index (χ1n) is 7.06. The molecule has 0 amide bonds. The molecule has 0 bridgehead atoms. The standard InChI is InChI=1S/C17H19NO3/c1-2-13-17(19,15-11-7-4-8-12-15)16(18(20)21)14-9-5-3-6-10-14/h3-12,16,19H,2,13H2,1H3. The Morgan fingerprint density at radius 3 is 2.10 bits per heavy atom. The van der Waals surface area contributed by atoms with Crippen molar-refractivity contribution in [2.24, 2.45) is 0 Å². The Hall–Kier alpha value is -2.20. The highest BCUT2D eigenvalue weighted by Gasteiger charge is 2.47. The number of aliphatic hydroxyl groups is 1. The highest BCUT2D eigenvalue weighted by atomic mass is 16.6. The van der Waals surface area contributed by atoms with Crippen molar-refractivity contribution in [3.63, 3.8) is 0 Å². The van der Waals surface area contributed by atoms with Crippen LogP contribution in [0.1, 0.15) is 36.9 Å². The van der Waals surface area contributed by atoms with Crippen LogP contribution in [0.15, 0.2) is 60.7 Å². The van der Waals surface area contributed by atoms with Gasteiger partial charge in [-0.15, -0.1) is 0 Å². The molecule has 0 radical (unpaired) electrons. The van der Waals surface area contributed by atoms with Crippen LogP contribution in [0, 0.1) is 10.1 Å². The Labute approximate surface area is 124 Å². The van der Waals surface area contributed by atoms with E-state index in [1.54, 1.807) is 48.5 Å². The van der Waals surface area contributed by atoms with Crippen molar-refractivity contribution in [3.8, 4) is 0 Å². The van der Waals surface area contributed by atoms with E-state index >= 15 is 0 Å². The second-order valence-electron chi connectivity index (χ2n) is 5.14. The maximum absolute atomic E-state index is 11.6. The van der Waals surface area contributed by atoms with E-state index in [2.05, 4.69) is 0 Å². The van der Waals surface area contributed by atoms with Crippen LogP contribution in [0.5, 0.6) is 0 Å². The Bertz CT molecular complexity index is 585. The quantitative estimate of drug-likeness (QED) is 0.650. The van der Waals surface area contributed by atoms with Crippen LogP contribution in [0.25, 0.3) is 0 Å². The lowest BCUT2D eigenvalue weighted by Gasteiger charge is -2.31. The normalized spacial score (nSPS) is 15.1. The van der Waals surface area contributed by atoms with Gasteiger partial charge in [-0.2, -0.15) is 0 Å². The summed E-state index contributed by atoms with van der Waals surface area (Å²) in [7, 11) is 0. The van der Waals surface area contributed by atoms with Crippen molar-refractivity contribution in [1.29, 1.82) is 0 Å². The molecule has 0 aromatic heterocycles. The summed E-state index contributed by atoms with van der Waals surface area (Å²) in [5.41, 5.74) is -0.416. The fourth-order valence-electron chi connectivity index (χ4n) is 2.75. The van der Waals surface area contributed by atoms with Crippen LogP contribution in [0.3, 0.4) is 0 Å². The van der Waals surface area contributed by atoms with Crippen molar-refractivity contribution in [1.82, 2.24) is 0 Å². The van der Waals surface area contributed by atoms with Crippen LogP contribution >= 0.6 is 0 Å². The summed E-state index contributed by atoms with van der Waals surface area (Å²) in [4.78, 5) is 11.2.